The second-order valence-electron chi connectivity index (χ2n) is 9.22. The molecule has 0 bridgehead atoms. The van der Waals surface area contributed by atoms with Crippen LogP contribution in [0.5, 0.6) is 0 Å². The quantitative estimate of drug-likeness (QED) is 0.732. The molecule has 2 fully saturated rings. The van der Waals surface area contributed by atoms with Gasteiger partial charge in [0.25, 0.3) is 0 Å². The first-order valence-corrected chi connectivity index (χ1v) is 9.11. The molecule has 3 heteroatoms. The van der Waals surface area contributed by atoms with Gasteiger partial charge in [0.15, 0.2) is 0 Å². The molecule has 0 unspecified atom stereocenters. The molecule has 2 rings (SSSR count). The number of fused-ring (bicyclic) bond motifs is 1. The van der Waals surface area contributed by atoms with Crippen LogP contribution < -0.4 is 0 Å². The average molecular weight is 322 g/mol. The molecule has 0 spiro atoms. The van der Waals surface area contributed by atoms with Crippen molar-refractivity contribution in [2.45, 2.75) is 85.2 Å². The average Bonchev–Trinajstić information content (AvgIpc) is 2.34. The summed E-state index contributed by atoms with van der Waals surface area (Å²) < 4.78 is 0. The van der Waals surface area contributed by atoms with Crippen LogP contribution in [0.4, 0.5) is 0 Å². The van der Waals surface area contributed by atoms with Gasteiger partial charge >= 0.3 is 5.97 Å². The fourth-order valence-electron chi connectivity index (χ4n) is 5.92. The van der Waals surface area contributed by atoms with E-state index in [0.29, 0.717) is 11.3 Å². The van der Waals surface area contributed by atoms with Gasteiger partial charge in [0.05, 0.1) is 5.60 Å². The summed E-state index contributed by atoms with van der Waals surface area (Å²) in [6.45, 7) is 11.0. The minimum Gasteiger partial charge on any atom is -0.478 e. The number of carboxylic acids is 1. The van der Waals surface area contributed by atoms with Crippen LogP contribution in [-0.2, 0) is 4.79 Å². The van der Waals surface area contributed by atoms with Crippen molar-refractivity contribution in [3.8, 4) is 0 Å². The predicted octanol–water partition coefficient (Wildman–Crippen LogP) is 4.79. The first-order valence-electron chi connectivity index (χ1n) is 9.11. The van der Waals surface area contributed by atoms with E-state index in [2.05, 4.69) is 20.8 Å². The topological polar surface area (TPSA) is 57.5 Å². The lowest BCUT2D eigenvalue weighted by molar-refractivity contribution is -0.168. The number of hydrogen-bond acceptors (Lipinski definition) is 2. The summed E-state index contributed by atoms with van der Waals surface area (Å²) in [6.07, 6.45) is 8.61. The number of rotatable bonds is 4. The SMILES string of the molecule is C/C(=C\C(=O)O)CC[C@@H]1[C@@]2(C)CCCC(C)(C)[C@@H]2CC[C@@]1(C)O. The summed E-state index contributed by atoms with van der Waals surface area (Å²) in [4.78, 5) is 10.8. The van der Waals surface area contributed by atoms with E-state index in [1.807, 2.05) is 13.8 Å². The smallest absolute Gasteiger partial charge is 0.328 e. The molecule has 132 valence electrons. The molecule has 23 heavy (non-hydrogen) atoms. The molecule has 0 heterocycles. The zero-order valence-corrected chi connectivity index (χ0v) is 15.5. The number of allylic oxidation sites excluding steroid dienone is 1. The highest BCUT2D eigenvalue weighted by Crippen LogP contribution is 2.62. The zero-order chi connectivity index (χ0) is 17.5. The number of aliphatic carboxylic acids is 1. The Bertz CT molecular complexity index is 489. The van der Waals surface area contributed by atoms with Crippen LogP contribution in [0.3, 0.4) is 0 Å². The van der Waals surface area contributed by atoms with Crippen molar-refractivity contribution in [3.05, 3.63) is 11.6 Å². The molecule has 2 aliphatic rings. The van der Waals surface area contributed by atoms with Gasteiger partial charge in [-0.1, -0.05) is 32.8 Å². The Morgan fingerprint density at radius 1 is 1.17 bits per heavy atom. The van der Waals surface area contributed by atoms with Gasteiger partial charge in [0.1, 0.15) is 0 Å². The van der Waals surface area contributed by atoms with Gasteiger partial charge < -0.3 is 10.2 Å². The minimum atomic E-state index is -0.874. The molecule has 2 aliphatic carbocycles. The van der Waals surface area contributed by atoms with Crippen LogP contribution in [0.1, 0.15) is 79.6 Å². The summed E-state index contributed by atoms with van der Waals surface area (Å²) in [5.74, 6) is 0.0176. The molecule has 2 N–H and O–H groups in total. The third kappa shape index (κ3) is 3.65. The summed E-state index contributed by atoms with van der Waals surface area (Å²) in [7, 11) is 0. The van der Waals surface area contributed by atoms with Crippen molar-refractivity contribution in [2.75, 3.05) is 0 Å². The van der Waals surface area contributed by atoms with Gasteiger partial charge in [-0.3, -0.25) is 0 Å². The normalized spacial score (nSPS) is 40.5. The van der Waals surface area contributed by atoms with Gasteiger partial charge in [-0.2, -0.15) is 0 Å². The standard InChI is InChI=1S/C20H34O3/c1-14(13-17(21)22)7-8-16-19(4)11-6-10-18(2,3)15(19)9-12-20(16,5)23/h13,15-16,23H,6-12H2,1-5H3,(H,21,22)/b14-13+/t15-,16+,19-,20+/m0/s1. The van der Waals surface area contributed by atoms with E-state index in [-0.39, 0.29) is 11.3 Å². The lowest BCUT2D eigenvalue weighted by Crippen LogP contribution is -2.57. The molecule has 0 amide bonds. The fraction of sp³-hybridized carbons (Fsp3) is 0.850. The van der Waals surface area contributed by atoms with Crippen molar-refractivity contribution < 1.29 is 15.0 Å². The highest BCUT2D eigenvalue weighted by atomic mass is 16.4. The molecule has 2 saturated carbocycles. The predicted molar refractivity (Wildman–Crippen MR) is 93.2 cm³/mol. The summed E-state index contributed by atoms with van der Waals surface area (Å²) in [5, 5.41) is 20.0. The molecule has 3 nitrogen and oxygen atoms in total. The molecule has 0 saturated heterocycles. The molecular formula is C20H34O3. The zero-order valence-electron chi connectivity index (χ0n) is 15.5. The van der Waals surface area contributed by atoms with E-state index < -0.39 is 11.6 Å². The third-order valence-corrected chi connectivity index (χ3v) is 6.96. The number of carbonyl (C=O) groups is 1. The fourth-order valence-corrected chi connectivity index (χ4v) is 5.92. The Morgan fingerprint density at radius 2 is 1.83 bits per heavy atom. The van der Waals surface area contributed by atoms with E-state index in [1.165, 1.54) is 25.3 Å². The van der Waals surface area contributed by atoms with Crippen molar-refractivity contribution in [1.29, 1.82) is 0 Å². The molecule has 4 atom stereocenters. The number of hydrogen-bond donors (Lipinski definition) is 2. The molecule has 0 aromatic heterocycles. The Balaban J connectivity index is 2.24. The van der Waals surface area contributed by atoms with Crippen molar-refractivity contribution >= 4 is 5.97 Å². The maximum absolute atomic E-state index is 11.1. The van der Waals surface area contributed by atoms with Gasteiger partial charge in [-0.05, 0) is 75.0 Å². The lowest BCUT2D eigenvalue weighted by Gasteiger charge is -2.61. The highest BCUT2D eigenvalue weighted by Gasteiger charge is 2.57. The first kappa shape index (κ1) is 18.5. The maximum Gasteiger partial charge on any atom is 0.328 e. The van der Waals surface area contributed by atoms with Crippen LogP contribution in [0.15, 0.2) is 11.6 Å². The van der Waals surface area contributed by atoms with Gasteiger partial charge in [-0.15, -0.1) is 0 Å². The van der Waals surface area contributed by atoms with E-state index in [4.69, 9.17) is 5.11 Å². The third-order valence-electron chi connectivity index (χ3n) is 6.96. The van der Waals surface area contributed by atoms with E-state index >= 15 is 0 Å². The van der Waals surface area contributed by atoms with Crippen molar-refractivity contribution in [1.82, 2.24) is 0 Å². The van der Waals surface area contributed by atoms with E-state index in [9.17, 15) is 9.90 Å². The Morgan fingerprint density at radius 3 is 2.43 bits per heavy atom. The summed E-state index contributed by atoms with van der Waals surface area (Å²) >= 11 is 0. The van der Waals surface area contributed by atoms with Crippen LogP contribution in [0.25, 0.3) is 0 Å². The minimum absolute atomic E-state index is 0.160. The van der Waals surface area contributed by atoms with Crippen LogP contribution in [0, 0.1) is 22.7 Å². The van der Waals surface area contributed by atoms with Crippen LogP contribution >= 0.6 is 0 Å². The molecule has 0 aliphatic heterocycles. The molecular weight excluding hydrogens is 288 g/mol. The molecule has 0 radical (unpaired) electrons. The lowest BCUT2D eigenvalue weighted by atomic mass is 9.45. The van der Waals surface area contributed by atoms with Gasteiger partial charge in [0.2, 0.25) is 0 Å². The second kappa shape index (κ2) is 6.23. The Hall–Kier alpha value is -0.830. The first-order chi connectivity index (χ1) is 10.5. The molecule has 0 aromatic rings. The monoisotopic (exact) mass is 322 g/mol. The van der Waals surface area contributed by atoms with E-state index in [1.54, 1.807) is 0 Å². The molecule has 0 aromatic carbocycles. The highest BCUT2D eigenvalue weighted by molar-refractivity contribution is 5.80. The van der Waals surface area contributed by atoms with Crippen molar-refractivity contribution in [2.24, 2.45) is 22.7 Å². The van der Waals surface area contributed by atoms with Crippen LogP contribution in [-0.4, -0.2) is 21.8 Å². The number of carboxylic acid groups (broad SMARTS) is 1. The van der Waals surface area contributed by atoms with Crippen molar-refractivity contribution in [3.63, 3.8) is 0 Å². The van der Waals surface area contributed by atoms with E-state index in [0.717, 1.165) is 31.3 Å². The summed E-state index contributed by atoms with van der Waals surface area (Å²) in [6, 6.07) is 0. The Kier molecular flexibility index (Phi) is 5.02. The van der Waals surface area contributed by atoms with Gasteiger partial charge in [-0.25, -0.2) is 4.79 Å². The largest absolute Gasteiger partial charge is 0.478 e. The van der Waals surface area contributed by atoms with Gasteiger partial charge in [0, 0.05) is 6.08 Å². The Labute approximate surface area is 141 Å². The number of aliphatic hydroxyl groups is 1. The summed E-state index contributed by atoms with van der Waals surface area (Å²) in [5.41, 5.74) is 0.761. The second-order valence-corrected chi connectivity index (χ2v) is 9.22. The van der Waals surface area contributed by atoms with Crippen LogP contribution in [0.2, 0.25) is 0 Å². The maximum atomic E-state index is 11.1.